The molecule has 1 saturated carbocycles. The van der Waals surface area contributed by atoms with Crippen molar-refractivity contribution in [3.05, 3.63) is 64.5 Å². The number of aryl methyl sites for hydroxylation is 1. The molecule has 4 amide bonds. The summed E-state index contributed by atoms with van der Waals surface area (Å²) >= 11 is 0. The summed E-state index contributed by atoms with van der Waals surface area (Å²) in [5.74, 6) is -2.04. The van der Waals surface area contributed by atoms with E-state index in [1.54, 1.807) is 19.1 Å². The number of pyridine rings is 1. The zero-order valence-corrected chi connectivity index (χ0v) is 18.6. The minimum Gasteiger partial charge on any atom is -0.348 e. The molecule has 2 fully saturated rings. The van der Waals surface area contributed by atoms with Gasteiger partial charge in [-0.2, -0.15) is 13.2 Å². The number of nitrogens with zero attached hydrogens (tertiary/aromatic N) is 2. The summed E-state index contributed by atoms with van der Waals surface area (Å²) in [5, 5.41) is 4.70. The number of hydrogen-bond acceptors (Lipinski definition) is 5. The fraction of sp³-hybridized carbons (Fsp3) is 0.375. The molecule has 11 heteroatoms. The SMILES string of the molecule is Cc1cccnc1C1(C(F)(F)F)CC1NC(=O)c1ccc2c(c1)CN(C1CCC(=O)NC1=O)C2=O. The molecule has 3 aliphatic rings. The lowest BCUT2D eigenvalue weighted by atomic mass is 9.96. The highest BCUT2D eigenvalue weighted by Crippen LogP contribution is 2.59. The van der Waals surface area contributed by atoms with Gasteiger partial charge in [0.15, 0.2) is 0 Å². The van der Waals surface area contributed by atoms with E-state index in [1.165, 1.54) is 29.3 Å². The fourth-order valence-corrected chi connectivity index (χ4v) is 5.06. The van der Waals surface area contributed by atoms with Crippen molar-refractivity contribution in [3.8, 4) is 0 Å². The van der Waals surface area contributed by atoms with E-state index >= 15 is 0 Å². The van der Waals surface area contributed by atoms with Crippen molar-refractivity contribution in [3.63, 3.8) is 0 Å². The molecule has 2 aliphatic heterocycles. The lowest BCUT2D eigenvalue weighted by Crippen LogP contribution is -2.52. The standard InChI is InChI=1S/C24H21F3N4O4/c1-12-3-2-8-28-19(12)23(24(25,26)27)10-17(23)29-20(33)13-4-5-15-14(9-13)11-31(22(15)35)16-6-7-18(32)30-21(16)34/h2-5,8-9,16-17H,6-7,10-11H2,1H3,(H,29,33)(H,30,32,34). The van der Waals surface area contributed by atoms with E-state index in [-0.39, 0.29) is 37.1 Å². The lowest BCUT2D eigenvalue weighted by molar-refractivity contribution is -0.163. The molecule has 1 aromatic carbocycles. The molecular weight excluding hydrogens is 465 g/mol. The molecule has 5 rings (SSSR count). The second-order valence-corrected chi connectivity index (χ2v) is 9.14. The third-order valence-electron chi connectivity index (χ3n) is 6.99. The maximum Gasteiger partial charge on any atom is 0.402 e. The number of rotatable bonds is 4. The zero-order valence-electron chi connectivity index (χ0n) is 18.6. The highest BCUT2D eigenvalue weighted by atomic mass is 19.4. The number of carbonyl (C=O) groups excluding carboxylic acids is 4. The summed E-state index contributed by atoms with van der Waals surface area (Å²) in [4.78, 5) is 54.6. The van der Waals surface area contributed by atoms with Crippen LogP contribution < -0.4 is 10.6 Å². The quantitative estimate of drug-likeness (QED) is 0.644. The third kappa shape index (κ3) is 3.65. The molecule has 3 heterocycles. The summed E-state index contributed by atoms with van der Waals surface area (Å²) in [6.45, 7) is 1.61. The Morgan fingerprint density at radius 1 is 1.23 bits per heavy atom. The molecule has 1 aliphatic carbocycles. The molecule has 1 aromatic heterocycles. The predicted molar refractivity (Wildman–Crippen MR) is 115 cm³/mol. The number of amides is 4. The first-order chi connectivity index (χ1) is 16.5. The third-order valence-corrected chi connectivity index (χ3v) is 6.99. The van der Waals surface area contributed by atoms with Crippen LogP contribution in [0.4, 0.5) is 13.2 Å². The maximum atomic E-state index is 14.1. The molecule has 182 valence electrons. The van der Waals surface area contributed by atoms with E-state index < -0.39 is 47.3 Å². The number of aromatic nitrogens is 1. The fourth-order valence-electron chi connectivity index (χ4n) is 5.06. The van der Waals surface area contributed by atoms with Crippen molar-refractivity contribution in [2.45, 2.75) is 56.4 Å². The Kier molecular flexibility index (Phi) is 5.19. The van der Waals surface area contributed by atoms with Gasteiger partial charge in [-0.25, -0.2) is 0 Å². The number of carbonyl (C=O) groups is 4. The number of fused-ring (bicyclic) bond motifs is 1. The molecule has 1 saturated heterocycles. The van der Waals surface area contributed by atoms with Crippen LogP contribution in [0.2, 0.25) is 0 Å². The molecule has 0 spiro atoms. The minimum atomic E-state index is -4.60. The number of imide groups is 1. The molecule has 0 radical (unpaired) electrons. The first kappa shape index (κ1) is 23.0. The van der Waals surface area contributed by atoms with Crippen molar-refractivity contribution in [1.82, 2.24) is 20.5 Å². The predicted octanol–water partition coefficient (Wildman–Crippen LogP) is 2.15. The van der Waals surface area contributed by atoms with Gasteiger partial charge in [0.1, 0.15) is 11.5 Å². The number of hydrogen-bond donors (Lipinski definition) is 2. The zero-order chi connectivity index (χ0) is 25.1. The lowest BCUT2D eigenvalue weighted by Gasteiger charge is -2.29. The summed E-state index contributed by atoms with van der Waals surface area (Å²) in [6, 6.07) is 5.41. The van der Waals surface area contributed by atoms with Crippen LogP contribution in [-0.2, 0) is 21.5 Å². The summed E-state index contributed by atoms with van der Waals surface area (Å²) in [7, 11) is 0. The molecule has 8 nitrogen and oxygen atoms in total. The van der Waals surface area contributed by atoms with Gasteiger partial charge < -0.3 is 10.2 Å². The smallest absolute Gasteiger partial charge is 0.348 e. The van der Waals surface area contributed by atoms with Crippen LogP contribution in [0, 0.1) is 6.92 Å². The summed E-state index contributed by atoms with van der Waals surface area (Å²) < 4.78 is 42.2. The molecule has 2 aromatic rings. The second-order valence-electron chi connectivity index (χ2n) is 9.14. The summed E-state index contributed by atoms with van der Waals surface area (Å²) in [5.41, 5.74) is -1.04. The van der Waals surface area contributed by atoms with E-state index in [4.69, 9.17) is 0 Å². The van der Waals surface area contributed by atoms with Crippen molar-refractivity contribution in [1.29, 1.82) is 0 Å². The minimum absolute atomic E-state index is 0.0601. The van der Waals surface area contributed by atoms with Crippen LogP contribution in [0.15, 0.2) is 36.5 Å². The topological polar surface area (TPSA) is 108 Å². The highest BCUT2D eigenvalue weighted by molar-refractivity contribution is 6.06. The normalized spacial score (nSPS) is 25.8. The molecule has 3 unspecified atom stereocenters. The van der Waals surface area contributed by atoms with Crippen LogP contribution in [0.5, 0.6) is 0 Å². The van der Waals surface area contributed by atoms with Crippen molar-refractivity contribution < 1.29 is 32.3 Å². The Morgan fingerprint density at radius 3 is 2.69 bits per heavy atom. The molecule has 2 N–H and O–H groups in total. The van der Waals surface area contributed by atoms with E-state index in [2.05, 4.69) is 15.6 Å². The number of nitrogens with one attached hydrogen (secondary N) is 2. The Hall–Kier alpha value is -3.76. The number of benzene rings is 1. The van der Waals surface area contributed by atoms with E-state index in [0.29, 0.717) is 16.7 Å². The monoisotopic (exact) mass is 486 g/mol. The van der Waals surface area contributed by atoms with Crippen molar-refractivity contribution >= 4 is 23.6 Å². The first-order valence-corrected chi connectivity index (χ1v) is 11.1. The van der Waals surface area contributed by atoms with Gasteiger partial charge in [-0.15, -0.1) is 0 Å². The van der Waals surface area contributed by atoms with Gasteiger partial charge >= 0.3 is 6.18 Å². The van der Waals surface area contributed by atoms with Crippen molar-refractivity contribution in [2.24, 2.45) is 0 Å². The van der Waals surface area contributed by atoms with Crippen LogP contribution in [-0.4, -0.2) is 51.8 Å². The Labute approximate surface area is 197 Å². The number of halogens is 3. The summed E-state index contributed by atoms with van der Waals surface area (Å²) in [6.07, 6.45) is -3.30. The van der Waals surface area contributed by atoms with Gasteiger partial charge in [0.05, 0.1) is 11.7 Å². The van der Waals surface area contributed by atoms with Crippen LogP contribution in [0.3, 0.4) is 0 Å². The molecule has 35 heavy (non-hydrogen) atoms. The number of piperidine rings is 1. The van der Waals surface area contributed by atoms with E-state index in [0.717, 1.165) is 0 Å². The molecular formula is C24H21F3N4O4. The maximum absolute atomic E-state index is 14.1. The van der Waals surface area contributed by atoms with Crippen LogP contribution >= 0.6 is 0 Å². The van der Waals surface area contributed by atoms with Crippen LogP contribution in [0.25, 0.3) is 0 Å². The van der Waals surface area contributed by atoms with Gasteiger partial charge in [-0.05, 0) is 55.2 Å². The Bertz CT molecular complexity index is 1280. The van der Waals surface area contributed by atoms with Crippen LogP contribution in [0.1, 0.15) is 56.8 Å². The molecule has 0 bridgehead atoms. The second kappa shape index (κ2) is 7.89. The van der Waals surface area contributed by atoms with E-state index in [9.17, 15) is 32.3 Å². The first-order valence-electron chi connectivity index (χ1n) is 11.1. The highest BCUT2D eigenvalue weighted by Gasteiger charge is 2.73. The van der Waals surface area contributed by atoms with Gasteiger partial charge in [0.25, 0.3) is 11.8 Å². The van der Waals surface area contributed by atoms with Crippen molar-refractivity contribution in [2.75, 3.05) is 0 Å². The van der Waals surface area contributed by atoms with Gasteiger partial charge in [-0.1, -0.05) is 6.07 Å². The van der Waals surface area contributed by atoms with Gasteiger partial charge in [0, 0.05) is 30.3 Å². The van der Waals surface area contributed by atoms with E-state index in [1.807, 2.05) is 0 Å². The number of alkyl halides is 3. The average Bonchev–Trinajstić information content (AvgIpc) is 3.43. The largest absolute Gasteiger partial charge is 0.402 e. The van der Waals surface area contributed by atoms with Gasteiger partial charge in [-0.3, -0.25) is 29.5 Å². The molecule has 3 atom stereocenters. The Morgan fingerprint density at radius 2 is 2.00 bits per heavy atom. The van der Waals surface area contributed by atoms with Gasteiger partial charge in [0.2, 0.25) is 11.8 Å². The Balaban J connectivity index is 1.34. The average molecular weight is 486 g/mol.